The molecule has 0 radical (unpaired) electrons. The number of rotatable bonds is 6. The average molecular weight is 291 g/mol. The largest absolute Gasteiger partial charge is 0.481 e. The molecule has 0 aliphatic heterocycles. The Labute approximate surface area is 122 Å². The van der Waals surface area contributed by atoms with Crippen molar-refractivity contribution in [2.75, 3.05) is 7.11 Å². The van der Waals surface area contributed by atoms with E-state index in [4.69, 9.17) is 14.4 Å². The van der Waals surface area contributed by atoms with Crippen molar-refractivity contribution in [3.8, 4) is 5.88 Å². The number of aliphatic carboxylic acids is 1. The minimum Gasteiger partial charge on any atom is -0.481 e. The van der Waals surface area contributed by atoms with Crippen LogP contribution < -0.4 is 4.74 Å². The summed E-state index contributed by atoms with van der Waals surface area (Å²) in [6.07, 6.45) is 2.15. The van der Waals surface area contributed by atoms with Crippen molar-refractivity contribution in [2.45, 2.75) is 26.2 Å². The summed E-state index contributed by atoms with van der Waals surface area (Å²) in [7, 11) is 1.55. The number of carboxylic acid groups (broad SMARTS) is 1. The predicted octanol–water partition coefficient (Wildman–Crippen LogP) is 1.89. The first-order valence-corrected chi connectivity index (χ1v) is 6.55. The van der Waals surface area contributed by atoms with E-state index in [1.807, 2.05) is 6.07 Å². The minimum atomic E-state index is -0.887. The molecular formula is C14H17N3O4. The Hall–Kier alpha value is -2.44. The third-order valence-corrected chi connectivity index (χ3v) is 3.38. The van der Waals surface area contributed by atoms with Crippen molar-refractivity contribution in [3.63, 3.8) is 0 Å². The first-order valence-electron chi connectivity index (χ1n) is 6.55. The summed E-state index contributed by atoms with van der Waals surface area (Å²) in [6, 6.07) is 3.62. The molecule has 0 amide bonds. The van der Waals surface area contributed by atoms with E-state index in [9.17, 15) is 4.79 Å². The van der Waals surface area contributed by atoms with E-state index in [0.29, 0.717) is 24.0 Å². The van der Waals surface area contributed by atoms with Crippen LogP contribution in [0, 0.1) is 5.92 Å². The Balaban J connectivity index is 2.07. The van der Waals surface area contributed by atoms with Crippen molar-refractivity contribution in [1.82, 2.24) is 15.1 Å². The van der Waals surface area contributed by atoms with E-state index >= 15 is 0 Å². The van der Waals surface area contributed by atoms with Gasteiger partial charge in [-0.05, 0) is 5.56 Å². The third-order valence-electron chi connectivity index (χ3n) is 3.38. The molecule has 0 fully saturated rings. The molecule has 7 heteroatoms. The Morgan fingerprint density at radius 1 is 1.43 bits per heavy atom. The zero-order valence-electron chi connectivity index (χ0n) is 12.1. The molecule has 2 unspecified atom stereocenters. The lowest BCUT2D eigenvalue weighted by Gasteiger charge is -2.10. The fourth-order valence-electron chi connectivity index (χ4n) is 1.77. The van der Waals surface area contributed by atoms with Gasteiger partial charge in [0, 0.05) is 24.6 Å². The van der Waals surface area contributed by atoms with Crippen LogP contribution in [0.1, 0.15) is 37.0 Å². The zero-order valence-corrected chi connectivity index (χ0v) is 12.1. The van der Waals surface area contributed by atoms with Gasteiger partial charge >= 0.3 is 5.97 Å². The number of nitrogens with zero attached hydrogens (tertiary/aromatic N) is 3. The van der Waals surface area contributed by atoms with E-state index in [2.05, 4.69) is 15.1 Å². The van der Waals surface area contributed by atoms with Crippen LogP contribution in [0.4, 0.5) is 0 Å². The summed E-state index contributed by atoms with van der Waals surface area (Å²) < 4.78 is 10.1. The standard InChI is InChI=1S/C14H17N3O4/c1-8(9(2)14(18)19)13-16-11(17-21-13)6-10-4-5-12(20-3)15-7-10/h4-5,7-9H,6H2,1-3H3,(H,18,19). The molecule has 7 nitrogen and oxygen atoms in total. The molecule has 0 aromatic carbocycles. The van der Waals surface area contributed by atoms with Crippen molar-refractivity contribution < 1.29 is 19.2 Å². The van der Waals surface area contributed by atoms with E-state index < -0.39 is 11.9 Å². The Kier molecular flexibility index (Phi) is 4.52. The quantitative estimate of drug-likeness (QED) is 0.867. The first-order chi connectivity index (χ1) is 10.0. The van der Waals surface area contributed by atoms with Gasteiger partial charge in [0.2, 0.25) is 11.8 Å². The lowest BCUT2D eigenvalue weighted by atomic mass is 9.96. The van der Waals surface area contributed by atoms with Crippen molar-refractivity contribution >= 4 is 5.97 Å². The minimum absolute atomic E-state index is 0.335. The van der Waals surface area contributed by atoms with Crippen LogP contribution in [-0.4, -0.2) is 33.3 Å². The second-order valence-corrected chi connectivity index (χ2v) is 4.85. The Bertz CT molecular complexity index is 609. The van der Waals surface area contributed by atoms with Gasteiger partial charge in [-0.3, -0.25) is 4.79 Å². The highest BCUT2D eigenvalue weighted by Gasteiger charge is 2.25. The van der Waals surface area contributed by atoms with Crippen LogP contribution in [0.3, 0.4) is 0 Å². The van der Waals surface area contributed by atoms with Crippen molar-refractivity contribution in [3.05, 3.63) is 35.6 Å². The molecule has 2 heterocycles. The molecule has 0 saturated carbocycles. The van der Waals surface area contributed by atoms with Crippen LogP contribution in [0.25, 0.3) is 0 Å². The van der Waals surface area contributed by atoms with Gasteiger partial charge < -0.3 is 14.4 Å². The molecule has 0 bridgehead atoms. The Morgan fingerprint density at radius 2 is 2.19 bits per heavy atom. The molecule has 2 aromatic heterocycles. The molecular weight excluding hydrogens is 274 g/mol. The number of hydrogen-bond donors (Lipinski definition) is 1. The normalized spacial score (nSPS) is 13.7. The number of carboxylic acids is 1. The van der Waals surface area contributed by atoms with Gasteiger partial charge in [0.05, 0.1) is 13.0 Å². The van der Waals surface area contributed by atoms with Gasteiger partial charge in [-0.2, -0.15) is 4.98 Å². The first kappa shape index (κ1) is 15.0. The van der Waals surface area contributed by atoms with Crippen LogP contribution in [-0.2, 0) is 11.2 Å². The highest BCUT2D eigenvalue weighted by atomic mass is 16.5. The Morgan fingerprint density at radius 3 is 2.76 bits per heavy atom. The smallest absolute Gasteiger partial charge is 0.307 e. The molecule has 2 atom stereocenters. The molecule has 112 valence electrons. The van der Waals surface area contributed by atoms with E-state index in [1.165, 1.54) is 0 Å². The van der Waals surface area contributed by atoms with Gasteiger partial charge in [0.1, 0.15) is 0 Å². The topological polar surface area (TPSA) is 98.3 Å². The molecule has 0 spiro atoms. The second-order valence-electron chi connectivity index (χ2n) is 4.85. The number of pyridine rings is 1. The summed E-state index contributed by atoms with van der Waals surface area (Å²) in [5.41, 5.74) is 0.919. The molecule has 2 aromatic rings. The highest BCUT2D eigenvalue weighted by molar-refractivity contribution is 5.70. The van der Waals surface area contributed by atoms with Crippen LogP contribution in [0.15, 0.2) is 22.9 Å². The van der Waals surface area contributed by atoms with Crippen molar-refractivity contribution in [2.24, 2.45) is 5.92 Å². The molecule has 1 N–H and O–H groups in total. The summed E-state index contributed by atoms with van der Waals surface area (Å²) >= 11 is 0. The van der Waals surface area contributed by atoms with Crippen LogP contribution >= 0.6 is 0 Å². The molecule has 0 aliphatic carbocycles. The van der Waals surface area contributed by atoms with Gasteiger partial charge in [0.15, 0.2) is 5.82 Å². The van der Waals surface area contributed by atoms with Gasteiger partial charge in [-0.1, -0.05) is 25.1 Å². The summed E-state index contributed by atoms with van der Waals surface area (Å²) in [5, 5.41) is 12.9. The predicted molar refractivity (Wildman–Crippen MR) is 73.1 cm³/mol. The summed E-state index contributed by atoms with van der Waals surface area (Å²) in [4.78, 5) is 19.3. The zero-order chi connectivity index (χ0) is 15.4. The number of aromatic nitrogens is 3. The van der Waals surface area contributed by atoms with E-state index in [1.54, 1.807) is 33.2 Å². The number of hydrogen-bond acceptors (Lipinski definition) is 6. The van der Waals surface area contributed by atoms with E-state index in [0.717, 1.165) is 5.56 Å². The number of methoxy groups -OCH3 is 1. The number of ether oxygens (including phenoxy) is 1. The van der Waals surface area contributed by atoms with Crippen LogP contribution in [0.2, 0.25) is 0 Å². The summed E-state index contributed by atoms with van der Waals surface area (Å²) in [6.45, 7) is 3.37. The maximum Gasteiger partial charge on any atom is 0.307 e. The lowest BCUT2D eigenvalue weighted by Crippen LogP contribution is -2.16. The van der Waals surface area contributed by atoms with Gasteiger partial charge in [-0.15, -0.1) is 0 Å². The molecule has 0 saturated heterocycles. The molecule has 21 heavy (non-hydrogen) atoms. The fourth-order valence-corrected chi connectivity index (χ4v) is 1.77. The number of carbonyl (C=O) groups is 1. The second kappa shape index (κ2) is 6.34. The van der Waals surface area contributed by atoms with E-state index in [-0.39, 0.29) is 5.92 Å². The van der Waals surface area contributed by atoms with Crippen molar-refractivity contribution in [1.29, 1.82) is 0 Å². The third kappa shape index (κ3) is 3.56. The maximum absolute atomic E-state index is 11.0. The maximum atomic E-state index is 11.0. The van der Waals surface area contributed by atoms with Gasteiger partial charge in [0.25, 0.3) is 0 Å². The fraction of sp³-hybridized carbons (Fsp3) is 0.429. The molecule has 0 aliphatic rings. The monoisotopic (exact) mass is 291 g/mol. The highest BCUT2D eigenvalue weighted by Crippen LogP contribution is 2.23. The average Bonchev–Trinajstić information content (AvgIpc) is 2.95. The van der Waals surface area contributed by atoms with Crippen LogP contribution in [0.5, 0.6) is 5.88 Å². The lowest BCUT2D eigenvalue weighted by molar-refractivity contribution is -0.141. The summed E-state index contributed by atoms with van der Waals surface area (Å²) in [5.74, 6) is -0.431. The van der Waals surface area contributed by atoms with Gasteiger partial charge in [-0.25, -0.2) is 4.98 Å². The SMILES string of the molecule is COc1ccc(Cc2noc(C(C)C(C)C(=O)O)n2)cn1. The molecule has 2 rings (SSSR count).